The zero-order valence-corrected chi connectivity index (χ0v) is 12.5. The molecular formula is C17H12N4O3. The van der Waals surface area contributed by atoms with Crippen molar-refractivity contribution in [2.24, 2.45) is 0 Å². The standard InChI is InChI=1S/C17H12N4O3/c22-10-13-9-21(8-11-3-5-18-6-4-11)15-2-1-12(7-14(13)15)16-19-17(23)24-20-16/h1-7,9-10H,8H2,(H,19,20,23). The van der Waals surface area contributed by atoms with Gasteiger partial charge >= 0.3 is 5.76 Å². The highest BCUT2D eigenvalue weighted by Gasteiger charge is 2.12. The number of aromatic amines is 1. The Labute approximate surface area is 135 Å². The van der Waals surface area contributed by atoms with Gasteiger partial charge in [0.15, 0.2) is 12.1 Å². The van der Waals surface area contributed by atoms with E-state index in [1.54, 1.807) is 12.4 Å². The third-order valence-electron chi connectivity index (χ3n) is 3.85. The average molecular weight is 320 g/mol. The molecule has 3 heterocycles. The SMILES string of the molecule is O=Cc1cn(Cc2ccncc2)c2ccc(-c3noc(=O)[nH]3)cc12. The van der Waals surface area contributed by atoms with Crippen LogP contribution in [-0.4, -0.2) is 26.0 Å². The lowest BCUT2D eigenvalue weighted by molar-refractivity contribution is 0.112. The van der Waals surface area contributed by atoms with Gasteiger partial charge in [0.25, 0.3) is 0 Å². The number of carbonyl (C=O) groups excluding carboxylic acids is 1. The van der Waals surface area contributed by atoms with E-state index in [9.17, 15) is 9.59 Å². The van der Waals surface area contributed by atoms with Crippen LogP contribution >= 0.6 is 0 Å². The van der Waals surface area contributed by atoms with Crippen molar-refractivity contribution in [1.82, 2.24) is 19.7 Å². The lowest BCUT2D eigenvalue weighted by atomic mass is 10.1. The fraction of sp³-hybridized carbons (Fsp3) is 0.0588. The summed E-state index contributed by atoms with van der Waals surface area (Å²) < 4.78 is 6.53. The molecule has 0 bridgehead atoms. The summed E-state index contributed by atoms with van der Waals surface area (Å²) in [7, 11) is 0. The van der Waals surface area contributed by atoms with Crippen molar-refractivity contribution in [2.45, 2.75) is 6.54 Å². The molecule has 0 aliphatic carbocycles. The van der Waals surface area contributed by atoms with Crippen molar-refractivity contribution < 1.29 is 9.32 Å². The number of nitrogens with zero attached hydrogens (tertiary/aromatic N) is 3. The predicted octanol–water partition coefficient (Wildman–Crippen LogP) is 2.24. The number of pyridine rings is 1. The average Bonchev–Trinajstić information content (AvgIpc) is 3.19. The summed E-state index contributed by atoms with van der Waals surface area (Å²) in [5.74, 6) is -0.281. The van der Waals surface area contributed by atoms with E-state index in [0.717, 1.165) is 22.8 Å². The minimum atomic E-state index is -0.615. The molecule has 0 saturated heterocycles. The van der Waals surface area contributed by atoms with Gasteiger partial charge in [-0.05, 0) is 35.9 Å². The first kappa shape index (κ1) is 14.1. The van der Waals surface area contributed by atoms with Crippen molar-refractivity contribution in [1.29, 1.82) is 0 Å². The van der Waals surface area contributed by atoms with Gasteiger partial charge in [-0.25, -0.2) is 4.79 Å². The van der Waals surface area contributed by atoms with Gasteiger partial charge in [0, 0.05) is 47.2 Å². The van der Waals surface area contributed by atoms with Crippen molar-refractivity contribution in [3.63, 3.8) is 0 Å². The second kappa shape index (κ2) is 5.62. The van der Waals surface area contributed by atoms with Crippen LogP contribution in [0, 0.1) is 0 Å². The molecule has 1 N–H and O–H groups in total. The number of benzene rings is 1. The number of hydrogen-bond acceptors (Lipinski definition) is 5. The summed E-state index contributed by atoms with van der Waals surface area (Å²) in [5.41, 5.74) is 3.26. The Morgan fingerprint density at radius 2 is 2.04 bits per heavy atom. The van der Waals surface area contributed by atoms with Crippen LogP contribution in [0.4, 0.5) is 0 Å². The molecule has 7 heteroatoms. The fourth-order valence-corrected chi connectivity index (χ4v) is 2.74. The summed E-state index contributed by atoms with van der Waals surface area (Å²) in [6.07, 6.45) is 6.11. The van der Waals surface area contributed by atoms with Gasteiger partial charge in [-0.3, -0.25) is 19.3 Å². The van der Waals surface area contributed by atoms with E-state index in [1.165, 1.54) is 0 Å². The van der Waals surface area contributed by atoms with Crippen LogP contribution in [-0.2, 0) is 6.54 Å². The molecule has 7 nitrogen and oxygen atoms in total. The fourth-order valence-electron chi connectivity index (χ4n) is 2.74. The Morgan fingerprint density at radius 1 is 1.21 bits per heavy atom. The van der Waals surface area contributed by atoms with E-state index in [-0.39, 0.29) is 0 Å². The maximum absolute atomic E-state index is 11.4. The lowest BCUT2D eigenvalue weighted by Gasteiger charge is -2.05. The Hall–Kier alpha value is -3.48. The molecule has 1 aromatic carbocycles. The van der Waals surface area contributed by atoms with Crippen LogP contribution in [0.25, 0.3) is 22.3 Å². The van der Waals surface area contributed by atoms with Crippen molar-refractivity contribution >= 4 is 17.2 Å². The van der Waals surface area contributed by atoms with E-state index >= 15 is 0 Å². The highest BCUT2D eigenvalue weighted by atomic mass is 16.5. The number of fused-ring (bicyclic) bond motifs is 1. The van der Waals surface area contributed by atoms with Crippen molar-refractivity contribution in [2.75, 3.05) is 0 Å². The summed E-state index contributed by atoms with van der Waals surface area (Å²) >= 11 is 0. The molecule has 0 saturated carbocycles. The Balaban J connectivity index is 1.82. The number of aldehydes is 1. The molecule has 0 radical (unpaired) electrons. The molecule has 0 unspecified atom stereocenters. The second-order valence-electron chi connectivity index (χ2n) is 5.36. The third kappa shape index (κ3) is 2.41. The summed E-state index contributed by atoms with van der Waals surface area (Å²) in [6, 6.07) is 9.40. The largest absolute Gasteiger partial charge is 0.439 e. The van der Waals surface area contributed by atoms with Crippen LogP contribution < -0.4 is 5.76 Å². The molecule has 0 aliphatic rings. The van der Waals surface area contributed by atoms with Gasteiger partial charge in [0.2, 0.25) is 0 Å². The molecule has 0 spiro atoms. The molecule has 118 valence electrons. The Kier molecular flexibility index (Phi) is 3.31. The van der Waals surface area contributed by atoms with E-state index in [0.29, 0.717) is 23.5 Å². The molecular weight excluding hydrogens is 308 g/mol. The molecule has 0 atom stereocenters. The monoisotopic (exact) mass is 320 g/mol. The molecule has 4 rings (SSSR count). The minimum Gasteiger partial charge on any atom is -0.342 e. The third-order valence-corrected chi connectivity index (χ3v) is 3.85. The number of hydrogen-bond donors (Lipinski definition) is 1. The van der Waals surface area contributed by atoms with Gasteiger partial charge < -0.3 is 4.57 Å². The molecule has 0 aliphatic heterocycles. The zero-order chi connectivity index (χ0) is 16.5. The topological polar surface area (TPSA) is 93.8 Å². The molecule has 0 amide bonds. The maximum Gasteiger partial charge on any atom is 0.439 e. The number of aromatic nitrogens is 4. The van der Waals surface area contributed by atoms with Crippen LogP contribution in [0.5, 0.6) is 0 Å². The van der Waals surface area contributed by atoms with Gasteiger partial charge in [-0.1, -0.05) is 5.16 Å². The summed E-state index contributed by atoms with van der Waals surface area (Å²) in [6.45, 7) is 0.632. The van der Waals surface area contributed by atoms with Gasteiger partial charge in [-0.2, -0.15) is 0 Å². The second-order valence-corrected chi connectivity index (χ2v) is 5.36. The zero-order valence-electron chi connectivity index (χ0n) is 12.5. The van der Waals surface area contributed by atoms with Gasteiger partial charge in [-0.15, -0.1) is 0 Å². The summed E-state index contributed by atoms with van der Waals surface area (Å²) in [5, 5.41) is 4.47. The predicted molar refractivity (Wildman–Crippen MR) is 86.8 cm³/mol. The maximum atomic E-state index is 11.4. The number of rotatable bonds is 4. The quantitative estimate of drug-likeness (QED) is 0.582. The van der Waals surface area contributed by atoms with Crippen LogP contribution in [0.2, 0.25) is 0 Å². The Bertz CT molecular complexity index is 1080. The molecule has 24 heavy (non-hydrogen) atoms. The number of carbonyl (C=O) groups is 1. The Morgan fingerprint density at radius 3 is 2.75 bits per heavy atom. The smallest absolute Gasteiger partial charge is 0.342 e. The van der Waals surface area contributed by atoms with E-state index in [4.69, 9.17) is 0 Å². The summed E-state index contributed by atoms with van der Waals surface area (Å²) in [4.78, 5) is 29.0. The highest BCUT2D eigenvalue weighted by molar-refractivity contribution is 5.99. The normalized spacial score (nSPS) is 11.0. The highest BCUT2D eigenvalue weighted by Crippen LogP contribution is 2.26. The molecule has 0 fully saturated rings. The van der Waals surface area contributed by atoms with Crippen molar-refractivity contribution in [3.05, 3.63) is 70.6 Å². The van der Waals surface area contributed by atoms with E-state index < -0.39 is 5.76 Å². The van der Waals surface area contributed by atoms with Crippen LogP contribution in [0.3, 0.4) is 0 Å². The van der Waals surface area contributed by atoms with E-state index in [1.807, 2.05) is 41.1 Å². The number of H-pyrrole nitrogens is 1. The van der Waals surface area contributed by atoms with Gasteiger partial charge in [0.05, 0.1) is 0 Å². The van der Waals surface area contributed by atoms with Crippen LogP contribution in [0.15, 0.2) is 58.2 Å². The molecule has 4 aromatic rings. The van der Waals surface area contributed by atoms with Crippen LogP contribution in [0.1, 0.15) is 15.9 Å². The first-order valence-electron chi connectivity index (χ1n) is 7.28. The lowest BCUT2D eigenvalue weighted by Crippen LogP contribution is -1.98. The number of nitrogens with one attached hydrogen (secondary N) is 1. The van der Waals surface area contributed by atoms with E-state index in [2.05, 4.69) is 19.6 Å². The van der Waals surface area contributed by atoms with Gasteiger partial charge in [0.1, 0.15) is 0 Å². The first-order valence-corrected chi connectivity index (χ1v) is 7.28. The first-order chi connectivity index (χ1) is 11.7. The molecule has 3 aromatic heterocycles. The minimum absolute atomic E-state index is 0.334. The van der Waals surface area contributed by atoms with Crippen molar-refractivity contribution in [3.8, 4) is 11.4 Å².